The number of aryl methyl sites for hydroxylation is 2. The number of rotatable bonds is 4. The van der Waals surface area contributed by atoms with Gasteiger partial charge in [-0.25, -0.2) is 0 Å². The van der Waals surface area contributed by atoms with E-state index in [1.165, 1.54) is 16.0 Å². The standard InChI is InChI=1S/C21H22N2O2S/c1-6-10-22-20(24)19(26-21(22)25)12-17-11-14(3)23(16(17)5)18-9-7-8-13(2)15(18)4/h6-9,11-12H,1,10H2,2-5H3/b19-12+. The summed E-state index contributed by atoms with van der Waals surface area (Å²) in [5.41, 5.74) is 6.70. The van der Waals surface area contributed by atoms with Crippen LogP contribution in [0.3, 0.4) is 0 Å². The fourth-order valence-electron chi connectivity index (χ4n) is 3.21. The molecule has 0 bridgehead atoms. The van der Waals surface area contributed by atoms with E-state index in [-0.39, 0.29) is 17.7 Å². The van der Waals surface area contributed by atoms with Crippen molar-refractivity contribution in [2.45, 2.75) is 27.7 Å². The molecule has 0 spiro atoms. The first kappa shape index (κ1) is 18.3. The average Bonchev–Trinajstić information content (AvgIpc) is 3.01. The van der Waals surface area contributed by atoms with Gasteiger partial charge in [0, 0.05) is 23.6 Å². The van der Waals surface area contributed by atoms with Crippen molar-refractivity contribution in [2.24, 2.45) is 0 Å². The lowest BCUT2D eigenvalue weighted by molar-refractivity contribution is -0.122. The minimum Gasteiger partial charge on any atom is -0.318 e. The zero-order chi connectivity index (χ0) is 19.0. The van der Waals surface area contributed by atoms with Crippen molar-refractivity contribution >= 4 is 29.0 Å². The van der Waals surface area contributed by atoms with Crippen LogP contribution in [-0.4, -0.2) is 27.2 Å². The summed E-state index contributed by atoms with van der Waals surface area (Å²) in [7, 11) is 0. The van der Waals surface area contributed by atoms with Gasteiger partial charge in [0.05, 0.1) is 4.91 Å². The van der Waals surface area contributed by atoms with Crippen LogP contribution < -0.4 is 0 Å². The molecule has 2 amide bonds. The van der Waals surface area contributed by atoms with Gasteiger partial charge in [0.25, 0.3) is 11.1 Å². The monoisotopic (exact) mass is 366 g/mol. The summed E-state index contributed by atoms with van der Waals surface area (Å²) in [6.07, 6.45) is 3.38. The lowest BCUT2D eigenvalue weighted by Gasteiger charge is -2.14. The van der Waals surface area contributed by atoms with E-state index in [1.54, 1.807) is 6.08 Å². The number of hydrogen-bond donors (Lipinski definition) is 0. The molecule has 0 atom stereocenters. The molecule has 0 aliphatic carbocycles. The summed E-state index contributed by atoms with van der Waals surface area (Å²) >= 11 is 0.983. The molecule has 2 aromatic rings. The third-order valence-corrected chi connectivity index (χ3v) is 5.67. The molecule has 26 heavy (non-hydrogen) atoms. The number of carbonyl (C=O) groups is 2. The Morgan fingerprint density at radius 1 is 1.15 bits per heavy atom. The first-order valence-corrected chi connectivity index (χ1v) is 9.28. The van der Waals surface area contributed by atoms with E-state index in [1.807, 2.05) is 13.0 Å². The van der Waals surface area contributed by atoms with E-state index in [2.05, 4.69) is 56.2 Å². The van der Waals surface area contributed by atoms with Crippen molar-refractivity contribution in [3.8, 4) is 5.69 Å². The number of aromatic nitrogens is 1. The highest BCUT2D eigenvalue weighted by Gasteiger charge is 2.34. The third-order valence-electron chi connectivity index (χ3n) is 4.76. The van der Waals surface area contributed by atoms with Crippen LogP contribution >= 0.6 is 11.8 Å². The Bertz CT molecular complexity index is 953. The SMILES string of the molecule is C=CCN1C(=O)S/C(=C/c2cc(C)n(-c3cccc(C)c3C)c2C)C1=O. The van der Waals surface area contributed by atoms with E-state index in [0.717, 1.165) is 34.4 Å². The van der Waals surface area contributed by atoms with E-state index in [9.17, 15) is 9.59 Å². The normalized spacial score (nSPS) is 16.0. The Morgan fingerprint density at radius 2 is 1.88 bits per heavy atom. The highest BCUT2D eigenvalue weighted by Crippen LogP contribution is 2.34. The number of imide groups is 1. The fraction of sp³-hybridized carbons (Fsp3) is 0.238. The summed E-state index contributed by atoms with van der Waals surface area (Å²) in [6, 6.07) is 8.31. The van der Waals surface area contributed by atoms with Crippen LogP contribution in [0.4, 0.5) is 4.79 Å². The van der Waals surface area contributed by atoms with Crippen molar-refractivity contribution < 1.29 is 9.59 Å². The molecule has 5 heteroatoms. The largest absolute Gasteiger partial charge is 0.318 e. The third kappa shape index (κ3) is 3.03. The Morgan fingerprint density at radius 3 is 2.58 bits per heavy atom. The van der Waals surface area contributed by atoms with E-state index in [4.69, 9.17) is 0 Å². The van der Waals surface area contributed by atoms with Crippen LogP contribution in [0.15, 0.2) is 41.8 Å². The Kier molecular flexibility index (Phi) is 4.92. The Hall–Kier alpha value is -2.53. The topological polar surface area (TPSA) is 42.3 Å². The average molecular weight is 366 g/mol. The van der Waals surface area contributed by atoms with Crippen molar-refractivity contribution in [3.05, 3.63) is 69.9 Å². The molecule has 1 aromatic heterocycles. The number of hydrogen-bond acceptors (Lipinski definition) is 3. The highest BCUT2D eigenvalue weighted by molar-refractivity contribution is 8.18. The van der Waals surface area contributed by atoms with Crippen molar-refractivity contribution in [1.82, 2.24) is 9.47 Å². The quantitative estimate of drug-likeness (QED) is 0.569. The second kappa shape index (κ2) is 7.00. The van der Waals surface area contributed by atoms with Crippen LogP contribution in [0.1, 0.15) is 28.1 Å². The van der Waals surface area contributed by atoms with Crippen LogP contribution in [0.2, 0.25) is 0 Å². The first-order chi connectivity index (χ1) is 12.3. The van der Waals surface area contributed by atoms with Crippen LogP contribution in [-0.2, 0) is 4.79 Å². The lowest BCUT2D eigenvalue weighted by atomic mass is 10.1. The van der Waals surface area contributed by atoms with Crippen LogP contribution in [0, 0.1) is 27.7 Å². The second-order valence-electron chi connectivity index (χ2n) is 6.46. The molecule has 2 heterocycles. The van der Waals surface area contributed by atoms with Gasteiger partial charge in [-0.1, -0.05) is 18.2 Å². The molecule has 1 aliphatic heterocycles. The summed E-state index contributed by atoms with van der Waals surface area (Å²) in [5.74, 6) is -0.253. The molecule has 0 radical (unpaired) electrons. The van der Waals surface area contributed by atoms with Gasteiger partial charge >= 0.3 is 0 Å². The summed E-state index contributed by atoms with van der Waals surface area (Å²) in [6.45, 7) is 12.1. The number of amides is 2. The highest BCUT2D eigenvalue weighted by atomic mass is 32.2. The molecule has 3 rings (SSSR count). The number of thioether (sulfide) groups is 1. The van der Waals surface area contributed by atoms with Gasteiger partial charge in [0.2, 0.25) is 0 Å². The van der Waals surface area contributed by atoms with Gasteiger partial charge in [-0.3, -0.25) is 14.5 Å². The number of nitrogens with zero attached hydrogens (tertiary/aromatic N) is 2. The van der Waals surface area contributed by atoms with E-state index >= 15 is 0 Å². The predicted molar refractivity (Wildman–Crippen MR) is 108 cm³/mol. The molecule has 134 valence electrons. The van der Waals surface area contributed by atoms with Crippen molar-refractivity contribution in [2.75, 3.05) is 6.54 Å². The van der Waals surface area contributed by atoms with Gasteiger partial charge in [0.15, 0.2) is 0 Å². The molecule has 0 unspecified atom stereocenters. The smallest absolute Gasteiger partial charge is 0.293 e. The van der Waals surface area contributed by atoms with Gasteiger partial charge in [-0.05, 0) is 74.4 Å². The van der Waals surface area contributed by atoms with Crippen molar-refractivity contribution in [3.63, 3.8) is 0 Å². The maximum atomic E-state index is 12.4. The zero-order valence-corrected chi connectivity index (χ0v) is 16.3. The molecule has 0 saturated carbocycles. The van der Waals surface area contributed by atoms with Crippen LogP contribution in [0.5, 0.6) is 0 Å². The first-order valence-electron chi connectivity index (χ1n) is 8.47. The fourth-order valence-corrected chi connectivity index (χ4v) is 4.05. The van der Waals surface area contributed by atoms with Crippen LogP contribution in [0.25, 0.3) is 11.8 Å². The van der Waals surface area contributed by atoms with Crippen molar-refractivity contribution in [1.29, 1.82) is 0 Å². The maximum Gasteiger partial charge on any atom is 0.293 e. The molecular formula is C21H22N2O2S. The summed E-state index contributed by atoms with van der Waals surface area (Å²) in [5, 5.41) is -0.246. The molecule has 1 aliphatic rings. The zero-order valence-electron chi connectivity index (χ0n) is 15.5. The molecule has 4 nitrogen and oxygen atoms in total. The molecular weight excluding hydrogens is 344 g/mol. The molecule has 1 fully saturated rings. The number of benzene rings is 1. The van der Waals surface area contributed by atoms with Gasteiger partial charge in [-0.2, -0.15) is 0 Å². The molecule has 1 saturated heterocycles. The van der Waals surface area contributed by atoms with Gasteiger partial charge in [0.1, 0.15) is 0 Å². The predicted octanol–water partition coefficient (Wildman–Crippen LogP) is 4.93. The summed E-state index contributed by atoms with van der Waals surface area (Å²) in [4.78, 5) is 26.1. The lowest BCUT2D eigenvalue weighted by Crippen LogP contribution is -2.27. The minimum absolute atomic E-state index is 0.240. The Balaban J connectivity index is 2.04. The van der Waals surface area contributed by atoms with Gasteiger partial charge < -0.3 is 4.57 Å². The van der Waals surface area contributed by atoms with Gasteiger partial charge in [-0.15, -0.1) is 6.58 Å². The summed E-state index contributed by atoms with van der Waals surface area (Å²) < 4.78 is 2.20. The van der Waals surface area contributed by atoms with E-state index < -0.39 is 0 Å². The van der Waals surface area contributed by atoms with E-state index in [0.29, 0.717) is 4.91 Å². The maximum absolute atomic E-state index is 12.4. The Labute approximate surface area is 158 Å². The minimum atomic E-state index is -0.253. The number of carbonyl (C=O) groups excluding carboxylic acids is 2. The molecule has 1 aromatic carbocycles. The second-order valence-corrected chi connectivity index (χ2v) is 7.46. The molecule has 0 N–H and O–H groups in total.